The highest BCUT2D eigenvalue weighted by molar-refractivity contribution is 7.99. The summed E-state index contributed by atoms with van der Waals surface area (Å²) < 4.78 is 5.06. The standard InChI is InChI=1S/C20H23N3O4S2/c1-3-27-20(26)23-10-9-14-15(11-23)29-19(16(14)17(21)24)22-18(25)12-5-7-13(8-6-12)28-4-2/h5-8H,3-4,9-11H2,1-2H3,(H2,21,24)(H,22,25). The molecule has 0 radical (unpaired) electrons. The lowest BCUT2D eigenvalue weighted by Gasteiger charge is -2.26. The molecule has 1 aromatic carbocycles. The molecule has 3 rings (SSSR count). The monoisotopic (exact) mass is 433 g/mol. The number of hydrogen-bond donors (Lipinski definition) is 2. The zero-order chi connectivity index (χ0) is 21.0. The van der Waals surface area contributed by atoms with Gasteiger partial charge in [0.1, 0.15) is 5.00 Å². The van der Waals surface area contributed by atoms with Gasteiger partial charge in [0, 0.05) is 21.9 Å². The second-order valence-electron chi connectivity index (χ2n) is 6.35. The summed E-state index contributed by atoms with van der Waals surface area (Å²) in [6.45, 7) is 4.89. The number of rotatable bonds is 6. The highest BCUT2D eigenvalue weighted by Crippen LogP contribution is 2.37. The van der Waals surface area contributed by atoms with E-state index in [0.717, 1.165) is 21.1 Å². The van der Waals surface area contributed by atoms with Gasteiger partial charge in [0.25, 0.3) is 11.8 Å². The predicted octanol–water partition coefficient (Wildman–Crippen LogP) is 3.73. The summed E-state index contributed by atoms with van der Waals surface area (Å²) in [5.74, 6) is 0.0651. The first-order valence-corrected chi connectivity index (χ1v) is 11.1. The molecule has 0 saturated heterocycles. The molecule has 0 bridgehead atoms. The fraction of sp³-hybridized carbons (Fsp3) is 0.350. The van der Waals surface area contributed by atoms with E-state index in [1.807, 2.05) is 12.1 Å². The third-order valence-corrected chi connectivity index (χ3v) is 6.51. The van der Waals surface area contributed by atoms with E-state index in [-0.39, 0.29) is 12.0 Å². The van der Waals surface area contributed by atoms with Gasteiger partial charge in [-0.05, 0) is 48.9 Å². The zero-order valence-corrected chi connectivity index (χ0v) is 18.0. The first-order valence-electron chi connectivity index (χ1n) is 9.34. The number of fused-ring (bicyclic) bond motifs is 1. The van der Waals surface area contributed by atoms with Crippen molar-refractivity contribution in [3.8, 4) is 0 Å². The maximum atomic E-state index is 12.7. The van der Waals surface area contributed by atoms with Crippen LogP contribution in [0.25, 0.3) is 0 Å². The van der Waals surface area contributed by atoms with Gasteiger partial charge >= 0.3 is 6.09 Å². The number of benzene rings is 1. The van der Waals surface area contributed by atoms with Crippen molar-refractivity contribution in [2.75, 3.05) is 24.2 Å². The van der Waals surface area contributed by atoms with Crippen molar-refractivity contribution >= 4 is 46.0 Å². The van der Waals surface area contributed by atoms with Crippen molar-refractivity contribution < 1.29 is 19.1 Å². The molecule has 1 aliphatic rings. The minimum atomic E-state index is -0.586. The molecule has 0 spiro atoms. The van der Waals surface area contributed by atoms with Crippen molar-refractivity contribution in [3.63, 3.8) is 0 Å². The molecule has 0 aliphatic carbocycles. The molecular formula is C20H23N3O4S2. The van der Waals surface area contributed by atoms with Gasteiger partial charge in [0.15, 0.2) is 0 Å². The third kappa shape index (κ3) is 4.73. The van der Waals surface area contributed by atoms with Crippen LogP contribution < -0.4 is 11.1 Å². The summed E-state index contributed by atoms with van der Waals surface area (Å²) in [5, 5.41) is 3.24. The molecule has 0 unspecified atom stereocenters. The van der Waals surface area contributed by atoms with Crippen molar-refractivity contribution in [2.24, 2.45) is 5.73 Å². The lowest BCUT2D eigenvalue weighted by molar-refractivity contribution is 0.0997. The molecule has 1 aromatic heterocycles. The summed E-state index contributed by atoms with van der Waals surface area (Å²) in [5.41, 5.74) is 7.23. The normalized spacial score (nSPS) is 13.0. The zero-order valence-electron chi connectivity index (χ0n) is 16.3. The number of hydrogen-bond acceptors (Lipinski definition) is 6. The highest BCUT2D eigenvalue weighted by Gasteiger charge is 2.30. The number of nitrogens with two attached hydrogens (primary N) is 1. The lowest BCUT2D eigenvalue weighted by Crippen LogP contribution is -2.36. The molecule has 0 atom stereocenters. The Hall–Kier alpha value is -2.52. The second-order valence-corrected chi connectivity index (χ2v) is 8.80. The van der Waals surface area contributed by atoms with Crippen molar-refractivity contribution in [1.29, 1.82) is 0 Å². The Morgan fingerprint density at radius 1 is 1.24 bits per heavy atom. The van der Waals surface area contributed by atoms with Gasteiger partial charge in [0.05, 0.1) is 18.7 Å². The van der Waals surface area contributed by atoms with E-state index >= 15 is 0 Å². The summed E-state index contributed by atoms with van der Waals surface area (Å²) in [6.07, 6.45) is 0.102. The van der Waals surface area contributed by atoms with E-state index < -0.39 is 5.91 Å². The molecule has 2 aromatic rings. The number of ether oxygens (including phenoxy) is 1. The van der Waals surface area contributed by atoms with Gasteiger partial charge in [0.2, 0.25) is 0 Å². The lowest BCUT2D eigenvalue weighted by atomic mass is 10.0. The van der Waals surface area contributed by atoms with Crippen LogP contribution >= 0.6 is 23.1 Å². The maximum Gasteiger partial charge on any atom is 0.410 e. The average Bonchev–Trinajstić information content (AvgIpc) is 3.06. The van der Waals surface area contributed by atoms with E-state index in [9.17, 15) is 14.4 Å². The number of anilines is 1. The van der Waals surface area contributed by atoms with Gasteiger partial charge in [-0.25, -0.2) is 4.79 Å². The largest absolute Gasteiger partial charge is 0.450 e. The van der Waals surface area contributed by atoms with Gasteiger partial charge in [-0.1, -0.05) is 6.92 Å². The van der Waals surface area contributed by atoms with Crippen LogP contribution in [-0.4, -0.2) is 41.7 Å². The minimum absolute atomic E-state index is 0.302. The van der Waals surface area contributed by atoms with Crippen LogP contribution in [0.2, 0.25) is 0 Å². The van der Waals surface area contributed by atoms with Crippen LogP contribution in [0.4, 0.5) is 9.80 Å². The van der Waals surface area contributed by atoms with E-state index in [4.69, 9.17) is 10.5 Å². The Bertz CT molecular complexity index is 925. The SMILES string of the molecule is CCOC(=O)N1CCc2c(sc(NC(=O)c3ccc(SCC)cc3)c2C(N)=O)C1. The molecule has 0 saturated carbocycles. The highest BCUT2D eigenvalue weighted by atomic mass is 32.2. The van der Waals surface area contributed by atoms with Crippen LogP contribution in [0, 0.1) is 0 Å². The van der Waals surface area contributed by atoms with Gasteiger partial charge in [-0.3, -0.25) is 9.59 Å². The Kier molecular flexibility index (Phi) is 6.81. The number of amides is 3. The van der Waals surface area contributed by atoms with Crippen LogP contribution in [0.1, 0.15) is 45.0 Å². The Morgan fingerprint density at radius 3 is 2.59 bits per heavy atom. The quantitative estimate of drug-likeness (QED) is 0.676. The molecule has 2 heterocycles. The smallest absolute Gasteiger partial charge is 0.410 e. The Labute approximate surface area is 177 Å². The van der Waals surface area contributed by atoms with Crippen LogP contribution in [0.5, 0.6) is 0 Å². The maximum absolute atomic E-state index is 12.7. The number of nitrogens with one attached hydrogen (secondary N) is 1. The molecule has 3 amide bonds. The van der Waals surface area contributed by atoms with E-state index in [2.05, 4.69) is 12.2 Å². The Morgan fingerprint density at radius 2 is 1.97 bits per heavy atom. The summed E-state index contributed by atoms with van der Waals surface area (Å²) in [6, 6.07) is 7.31. The molecule has 1 aliphatic heterocycles. The summed E-state index contributed by atoms with van der Waals surface area (Å²) in [4.78, 5) is 40.3. The van der Waals surface area contributed by atoms with Gasteiger partial charge < -0.3 is 20.7 Å². The number of thiophene rings is 1. The number of nitrogens with zero attached hydrogens (tertiary/aromatic N) is 1. The molecular weight excluding hydrogens is 410 g/mol. The van der Waals surface area contributed by atoms with E-state index in [1.54, 1.807) is 35.7 Å². The van der Waals surface area contributed by atoms with Crippen LogP contribution in [0.15, 0.2) is 29.2 Å². The topological polar surface area (TPSA) is 102 Å². The minimum Gasteiger partial charge on any atom is -0.450 e. The number of primary amides is 1. The van der Waals surface area contributed by atoms with E-state index in [0.29, 0.717) is 42.2 Å². The van der Waals surface area contributed by atoms with Crippen LogP contribution in [-0.2, 0) is 17.7 Å². The van der Waals surface area contributed by atoms with Crippen molar-refractivity contribution in [3.05, 3.63) is 45.8 Å². The fourth-order valence-corrected chi connectivity index (χ4v) is 5.09. The fourth-order valence-electron chi connectivity index (χ4n) is 3.17. The summed E-state index contributed by atoms with van der Waals surface area (Å²) in [7, 11) is 0. The molecule has 154 valence electrons. The molecule has 3 N–H and O–H groups in total. The first-order chi connectivity index (χ1) is 13.9. The number of thioether (sulfide) groups is 1. The molecule has 29 heavy (non-hydrogen) atoms. The van der Waals surface area contributed by atoms with Gasteiger partial charge in [-0.15, -0.1) is 23.1 Å². The van der Waals surface area contributed by atoms with E-state index in [1.165, 1.54) is 11.3 Å². The van der Waals surface area contributed by atoms with Crippen LogP contribution in [0.3, 0.4) is 0 Å². The molecule has 9 heteroatoms. The van der Waals surface area contributed by atoms with Crippen molar-refractivity contribution in [1.82, 2.24) is 4.90 Å². The Balaban J connectivity index is 1.82. The number of carbonyl (C=O) groups is 3. The first kappa shape index (κ1) is 21.2. The third-order valence-electron chi connectivity index (χ3n) is 4.48. The average molecular weight is 434 g/mol. The van der Waals surface area contributed by atoms with Crippen molar-refractivity contribution in [2.45, 2.75) is 31.7 Å². The molecule has 7 nitrogen and oxygen atoms in total. The molecule has 0 fully saturated rings. The predicted molar refractivity (Wildman–Crippen MR) is 115 cm³/mol. The summed E-state index contributed by atoms with van der Waals surface area (Å²) >= 11 is 2.97. The second kappa shape index (κ2) is 9.32. The number of carbonyl (C=O) groups excluding carboxylic acids is 3. The van der Waals surface area contributed by atoms with Gasteiger partial charge in [-0.2, -0.15) is 0 Å².